The zero-order chi connectivity index (χ0) is 18.0. The molecule has 25 heavy (non-hydrogen) atoms. The fourth-order valence-corrected chi connectivity index (χ4v) is 4.59. The van der Waals surface area contributed by atoms with E-state index >= 15 is 0 Å². The zero-order valence-corrected chi connectivity index (χ0v) is 15.9. The van der Waals surface area contributed by atoms with Crippen LogP contribution >= 0.6 is 0 Å². The lowest BCUT2D eigenvalue weighted by Gasteiger charge is -2.33. The first-order chi connectivity index (χ1) is 11.9. The Labute approximate surface area is 150 Å². The van der Waals surface area contributed by atoms with Gasteiger partial charge in [0, 0.05) is 25.2 Å². The molecule has 0 atom stereocenters. The van der Waals surface area contributed by atoms with Crippen LogP contribution in [-0.2, 0) is 10.0 Å². The van der Waals surface area contributed by atoms with Gasteiger partial charge in [-0.3, -0.25) is 4.79 Å². The highest BCUT2D eigenvalue weighted by Gasteiger charge is 2.27. The van der Waals surface area contributed by atoms with Gasteiger partial charge in [-0.05, 0) is 68.6 Å². The van der Waals surface area contributed by atoms with Crippen molar-refractivity contribution in [2.45, 2.75) is 56.4 Å². The first-order valence-corrected chi connectivity index (χ1v) is 10.7. The van der Waals surface area contributed by atoms with Crippen molar-refractivity contribution in [2.24, 2.45) is 11.8 Å². The van der Waals surface area contributed by atoms with Gasteiger partial charge in [0.15, 0.2) is 0 Å². The molecule has 2 saturated carbocycles. The Balaban J connectivity index is 1.70. The maximum atomic E-state index is 12.8. The van der Waals surface area contributed by atoms with E-state index in [1.807, 2.05) is 7.05 Å². The van der Waals surface area contributed by atoms with Crippen LogP contribution in [-0.4, -0.2) is 38.9 Å². The predicted molar refractivity (Wildman–Crippen MR) is 97.9 cm³/mol. The standard InChI is InChI=1S/C19H28N2O3S/c1-14-6-10-17(11-7-14)21(2)19(22)16-4-3-5-18(12-16)25(23,24)20-13-15-8-9-15/h3-5,12,14-15,17,20H,6-11,13H2,1-2H3. The van der Waals surface area contributed by atoms with Crippen LogP contribution in [0.25, 0.3) is 0 Å². The number of benzene rings is 1. The van der Waals surface area contributed by atoms with Crippen LogP contribution in [0.4, 0.5) is 0 Å². The van der Waals surface area contributed by atoms with Crippen molar-refractivity contribution in [3.8, 4) is 0 Å². The molecule has 0 aliphatic heterocycles. The molecular weight excluding hydrogens is 336 g/mol. The predicted octanol–water partition coefficient (Wildman–Crippen LogP) is 3.03. The van der Waals surface area contributed by atoms with Crippen LogP contribution in [0.15, 0.2) is 29.2 Å². The van der Waals surface area contributed by atoms with Crippen molar-refractivity contribution in [3.63, 3.8) is 0 Å². The fraction of sp³-hybridized carbons (Fsp3) is 0.632. The second kappa shape index (κ2) is 7.46. The third kappa shape index (κ3) is 4.61. The monoisotopic (exact) mass is 364 g/mol. The number of rotatable bonds is 6. The minimum Gasteiger partial charge on any atom is -0.339 e. The number of nitrogens with one attached hydrogen (secondary N) is 1. The van der Waals surface area contributed by atoms with Gasteiger partial charge in [-0.2, -0.15) is 0 Å². The van der Waals surface area contributed by atoms with Crippen molar-refractivity contribution in [3.05, 3.63) is 29.8 Å². The maximum absolute atomic E-state index is 12.8. The van der Waals surface area contributed by atoms with Gasteiger partial charge in [0.1, 0.15) is 0 Å². The summed E-state index contributed by atoms with van der Waals surface area (Å²) in [6, 6.07) is 6.64. The molecule has 0 heterocycles. The van der Waals surface area contributed by atoms with E-state index in [1.54, 1.807) is 23.1 Å². The van der Waals surface area contributed by atoms with Crippen LogP contribution in [0.1, 0.15) is 55.8 Å². The smallest absolute Gasteiger partial charge is 0.253 e. The molecule has 2 aliphatic rings. The van der Waals surface area contributed by atoms with Gasteiger partial charge in [0.2, 0.25) is 10.0 Å². The minimum atomic E-state index is -3.55. The van der Waals surface area contributed by atoms with E-state index < -0.39 is 10.0 Å². The molecular formula is C19H28N2O3S. The van der Waals surface area contributed by atoms with Crippen molar-refractivity contribution in [2.75, 3.05) is 13.6 Å². The summed E-state index contributed by atoms with van der Waals surface area (Å²) in [6.07, 6.45) is 6.50. The van der Waals surface area contributed by atoms with Crippen LogP contribution in [0.5, 0.6) is 0 Å². The molecule has 2 fully saturated rings. The third-order valence-corrected chi connectivity index (χ3v) is 6.92. The highest BCUT2D eigenvalue weighted by atomic mass is 32.2. The summed E-state index contributed by atoms with van der Waals surface area (Å²) >= 11 is 0. The molecule has 6 heteroatoms. The number of amides is 1. The summed E-state index contributed by atoms with van der Waals surface area (Å²) < 4.78 is 27.5. The lowest BCUT2D eigenvalue weighted by molar-refractivity contribution is 0.0679. The molecule has 0 aromatic heterocycles. The van der Waals surface area contributed by atoms with Crippen LogP contribution in [0, 0.1) is 11.8 Å². The zero-order valence-electron chi connectivity index (χ0n) is 15.1. The van der Waals surface area contributed by atoms with E-state index in [-0.39, 0.29) is 16.8 Å². The van der Waals surface area contributed by atoms with Gasteiger partial charge in [-0.25, -0.2) is 13.1 Å². The molecule has 0 spiro atoms. The topological polar surface area (TPSA) is 66.5 Å². The Morgan fingerprint density at radius 2 is 1.84 bits per heavy atom. The quantitative estimate of drug-likeness (QED) is 0.844. The molecule has 1 N–H and O–H groups in total. The molecule has 1 aromatic rings. The highest BCUT2D eigenvalue weighted by Crippen LogP contribution is 2.29. The third-order valence-electron chi connectivity index (χ3n) is 5.50. The molecule has 1 aromatic carbocycles. The Morgan fingerprint density at radius 3 is 2.48 bits per heavy atom. The van der Waals surface area contributed by atoms with Gasteiger partial charge < -0.3 is 4.90 Å². The van der Waals surface area contributed by atoms with Crippen molar-refractivity contribution >= 4 is 15.9 Å². The van der Waals surface area contributed by atoms with E-state index in [1.165, 1.54) is 6.07 Å². The number of hydrogen-bond acceptors (Lipinski definition) is 3. The number of carbonyl (C=O) groups excluding carboxylic acids is 1. The molecule has 3 rings (SSSR count). The average Bonchev–Trinajstić information content (AvgIpc) is 3.44. The normalized spacial score (nSPS) is 24.1. The SMILES string of the molecule is CC1CCC(N(C)C(=O)c2cccc(S(=O)(=O)NCC3CC3)c2)CC1. The Hall–Kier alpha value is -1.40. The molecule has 0 unspecified atom stereocenters. The fourth-order valence-electron chi connectivity index (χ4n) is 3.43. The van der Waals surface area contributed by atoms with Crippen molar-refractivity contribution in [1.82, 2.24) is 9.62 Å². The lowest BCUT2D eigenvalue weighted by atomic mass is 9.86. The highest BCUT2D eigenvalue weighted by molar-refractivity contribution is 7.89. The molecule has 138 valence electrons. The second-order valence-corrected chi connectivity index (χ2v) is 9.42. The average molecular weight is 365 g/mol. The molecule has 5 nitrogen and oxygen atoms in total. The largest absolute Gasteiger partial charge is 0.339 e. The summed E-state index contributed by atoms with van der Waals surface area (Å²) in [7, 11) is -1.72. The number of carbonyl (C=O) groups is 1. The number of hydrogen-bond donors (Lipinski definition) is 1. The number of nitrogens with zero attached hydrogens (tertiary/aromatic N) is 1. The first kappa shape index (κ1) is 18.4. The van der Waals surface area contributed by atoms with E-state index in [0.717, 1.165) is 44.4 Å². The van der Waals surface area contributed by atoms with Gasteiger partial charge in [0.05, 0.1) is 4.90 Å². The Morgan fingerprint density at radius 1 is 1.16 bits per heavy atom. The summed E-state index contributed by atoms with van der Waals surface area (Å²) in [5.41, 5.74) is 0.440. The van der Waals surface area contributed by atoms with Gasteiger partial charge in [0.25, 0.3) is 5.91 Å². The summed E-state index contributed by atoms with van der Waals surface area (Å²) in [6.45, 7) is 2.74. The van der Waals surface area contributed by atoms with Gasteiger partial charge in [-0.15, -0.1) is 0 Å². The van der Waals surface area contributed by atoms with E-state index in [9.17, 15) is 13.2 Å². The molecule has 2 aliphatic carbocycles. The van der Waals surface area contributed by atoms with E-state index in [4.69, 9.17) is 0 Å². The second-order valence-electron chi connectivity index (χ2n) is 7.65. The van der Waals surface area contributed by atoms with Crippen LogP contribution in [0.2, 0.25) is 0 Å². The molecule has 0 bridgehead atoms. The Bertz CT molecular complexity index is 720. The summed E-state index contributed by atoms with van der Waals surface area (Å²) in [5.74, 6) is 1.10. The summed E-state index contributed by atoms with van der Waals surface area (Å²) in [4.78, 5) is 14.7. The molecule has 1 amide bonds. The van der Waals surface area contributed by atoms with E-state index in [0.29, 0.717) is 18.0 Å². The first-order valence-electron chi connectivity index (χ1n) is 9.23. The molecule has 0 radical (unpaired) electrons. The molecule has 0 saturated heterocycles. The van der Waals surface area contributed by atoms with Crippen molar-refractivity contribution in [1.29, 1.82) is 0 Å². The van der Waals surface area contributed by atoms with Crippen LogP contribution in [0.3, 0.4) is 0 Å². The van der Waals surface area contributed by atoms with Crippen molar-refractivity contribution < 1.29 is 13.2 Å². The lowest BCUT2D eigenvalue weighted by Crippen LogP contribution is -2.39. The van der Waals surface area contributed by atoms with Gasteiger partial charge >= 0.3 is 0 Å². The maximum Gasteiger partial charge on any atom is 0.253 e. The number of sulfonamides is 1. The van der Waals surface area contributed by atoms with E-state index in [2.05, 4.69) is 11.6 Å². The Kier molecular flexibility index (Phi) is 5.49. The minimum absolute atomic E-state index is 0.0983. The van der Waals surface area contributed by atoms with Crippen LogP contribution < -0.4 is 4.72 Å². The summed E-state index contributed by atoms with van der Waals surface area (Å²) in [5, 5.41) is 0. The van der Waals surface area contributed by atoms with Gasteiger partial charge in [-0.1, -0.05) is 13.0 Å².